The van der Waals surface area contributed by atoms with Crippen molar-refractivity contribution in [2.45, 2.75) is 19.3 Å². The first-order valence-corrected chi connectivity index (χ1v) is 9.00. The van der Waals surface area contributed by atoms with Gasteiger partial charge in [-0.2, -0.15) is 0 Å². The molecule has 1 aromatic rings. The highest BCUT2D eigenvalue weighted by Gasteiger charge is 2.22. The second-order valence-electron chi connectivity index (χ2n) is 7.03. The van der Waals surface area contributed by atoms with Crippen molar-refractivity contribution in [3.05, 3.63) is 24.3 Å². The van der Waals surface area contributed by atoms with E-state index in [2.05, 4.69) is 29.4 Å². The second-order valence-corrected chi connectivity index (χ2v) is 7.03. The molecule has 0 radical (unpaired) electrons. The number of hydrogen-bond donors (Lipinski definition) is 3. The average molecular weight is 318 g/mol. The summed E-state index contributed by atoms with van der Waals surface area (Å²) < 4.78 is 0. The highest BCUT2D eigenvalue weighted by Crippen LogP contribution is 2.21. The average Bonchev–Trinajstić information content (AvgIpc) is 2.58. The zero-order valence-electron chi connectivity index (χ0n) is 14.2. The van der Waals surface area contributed by atoms with Crippen molar-refractivity contribution in [1.29, 1.82) is 0 Å². The first kappa shape index (κ1) is 16.3. The molecule has 23 heavy (non-hydrogen) atoms. The molecule has 0 spiro atoms. The van der Waals surface area contributed by atoms with Gasteiger partial charge in [-0.25, -0.2) is 0 Å². The van der Waals surface area contributed by atoms with Crippen molar-refractivity contribution in [3.63, 3.8) is 0 Å². The number of carbonyl (C=O) groups excluding carboxylic acids is 1. The predicted octanol–water partition coefficient (Wildman–Crippen LogP) is -0.971. The SMILES string of the molecule is C[NH+]1CC[NH+](CC(=O)Nc2ccc(N3CCCCC3)cc2)CC1. The molecule has 0 aliphatic carbocycles. The fourth-order valence-corrected chi connectivity index (χ4v) is 3.55. The molecule has 0 bridgehead atoms. The lowest BCUT2D eigenvalue weighted by Gasteiger charge is -2.29. The maximum atomic E-state index is 12.2. The van der Waals surface area contributed by atoms with Gasteiger partial charge in [-0.3, -0.25) is 4.79 Å². The zero-order valence-corrected chi connectivity index (χ0v) is 14.2. The first-order chi connectivity index (χ1) is 11.2. The minimum Gasteiger partial charge on any atom is -0.372 e. The van der Waals surface area contributed by atoms with Gasteiger partial charge in [-0.1, -0.05) is 0 Å². The fraction of sp³-hybridized carbons (Fsp3) is 0.611. The van der Waals surface area contributed by atoms with Crippen LogP contribution in [0.4, 0.5) is 11.4 Å². The number of piperazine rings is 1. The van der Waals surface area contributed by atoms with Crippen molar-refractivity contribution in [2.75, 3.05) is 63.1 Å². The van der Waals surface area contributed by atoms with E-state index in [0.29, 0.717) is 6.54 Å². The number of nitrogens with zero attached hydrogens (tertiary/aromatic N) is 1. The maximum Gasteiger partial charge on any atom is 0.279 e. The number of quaternary nitrogens is 2. The Hall–Kier alpha value is -1.59. The van der Waals surface area contributed by atoms with Crippen molar-refractivity contribution < 1.29 is 14.6 Å². The molecule has 2 aliphatic rings. The Labute approximate surface area is 139 Å². The zero-order chi connectivity index (χ0) is 16.1. The lowest BCUT2D eigenvalue weighted by Crippen LogP contribution is -3.27. The molecule has 2 aliphatic heterocycles. The van der Waals surface area contributed by atoms with Crippen LogP contribution >= 0.6 is 0 Å². The first-order valence-electron chi connectivity index (χ1n) is 9.00. The molecule has 1 aromatic carbocycles. The predicted molar refractivity (Wildman–Crippen MR) is 93.3 cm³/mol. The van der Waals surface area contributed by atoms with E-state index in [-0.39, 0.29) is 5.91 Å². The molecular formula is C18H30N4O+2. The minimum atomic E-state index is 0.130. The van der Waals surface area contributed by atoms with Crippen LogP contribution in [-0.2, 0) is 4.79 Å². The van der Waals surface area contributed by atoms with Crippen molar-refractivity contribution in [1.82, 2.24) is 0 Å². The highest BCUT2D eigenvalue weighted by molar-refractivity contribution is 5.91. The van der Waals surface area contributed by atoms with Crippen molar-refractivity contribution in [3.8, 4) is 0 Å². The summed E-state index contributed by atoms with van der Waals surface area (Å²) in [6.45, 7) is 7.39. The Morgan fingerprint density at radius 1 is 1.04 bits per heavy atom. The molecule has 3 rings (SSSR count). The van der Waals surface area contributed by atoms with Gasteiger partial charge in [0.1, 0.15) is 26.2 Å². The minimum absolute atomic E-state index is 0.130. The third-order valence-electron chi connectivity index (χ3n) is 5.09. The van der Waals surface area contributed by atoms with E-state index in [1.54, 1.807) is 4.90 Å². The van der Waals surface area contributed by atoms with Crippen LogP contribution in [0.15, 0.2) is 24.3 Å². The second kappa shape index (κ2) is 7.79. The number of rotatable bonds is 4. The molecule has 0 unspecified atom stereocenters. The molecule has 5 heteroatoms. The fourth-order valence-electron chi connectivity index (χ4n) is 3.55. The molecule has 3 N–H and O–H groups in total. The molecule has 1 amide bonds. The van der Waals surface area contributed by atoms with E-state index < -0.39 is 0 Å². The van der Waals surface area contributed by atoms with E-state index in [1.807, 2.05) is 12.1 Å². The Bertz CT molecular complexity index is 502. The summed E-state index contributed by atoms with van der Waals surface area (Å²) in [4.78, 5) is 17.6. The quantitative estimate of drug-likeness (QED) is 0.669. The topological polar surface area (TPSA) is 41.2 Å². The molecule has 5 nitrogen and oxygen atoms in total. The van der Waals surface area contributed by atoms with Gasteiger partial charge in [0.25, 0.3) is 5.91 Å². The smallest absolute Gasteiger partial charge is 0.279 e. The summed E-state index contributed by atoms with van der Waals surface area (Å²) >= 11 is 0. The Morgan fingerprint density at radius 2 is 1.70 bits per heavy atom. The Morgan fingerprint density at radius 3 is 2.35 bits per heavy atom. The van der Waals surface area contributed by atoms with Crippen LogP contribution in [0.25, 0.3) is 0 Å². The van der Waals surface area contributed by atoms with Gasteiger partial charge >= 0.3 is 0 Å². The van der Waals surface area contributed by atoms with Gasteiger partial charge in [0.15, 0.2) is 6.54 Å². The van der Waals surface area contributed by atoms with E-state index in [0.717, 1.165) is 45.0 Å². The number of benzene rings is 1. The summed E-state index contributed by atoms with van der Waals surface area (Å²) in [6, 6.07) is 8.33. The Balaban J connectivity index is 1.48. The van der Waals surface area contributed by atoms with E-state index >= 15 is 0 Å². The molecule has 0 saturated carbocycles. The third kappa shape index (κ3) is 4.69. The molecule has 0 aromatic heterocycles. The van der Waals surface area contributed by atoms with Crippen LogP contribution < -0.4 is 20.0 Å². The van der Waals surface area contributed by atoms with Crippen molar-refractivity contribution in [2.24, 2.45) is 0 Å². The largest absolute Gasteiger partial charge is 0.372 e. The van der Waals surface area contributed by atoms with Crippen LogP contribution in [-0.4, -0.2) is 58.8 Å². The van der Waals surface area contributed by atoms with Crippen LogP contribution in [0.5, 0.6) is 0 Å². The maximum absolute atomic E-state index is 12.2. The highest BCUT2D eigenvalue weighted by atomic mass is 16.2. The summed E-state index contributed by atoms with van der Waals surface area (Å²) in [5, 5.41) is 3.05. The summed E-state index contributed by atoms with van der Waals surface area (Å²) in [5.41, 5.74) is 2.19. The lowest BCUT2D eigenvalue weighted by molar-refractivity contribution is -0.999. The molecule has 126 valence electrons. The van der Waals surface area contributed by atoms with Crippen LogP contribution in [0.3, 0.4) is 0 Å². The van der Waals surface area contributed by atoms with E-state index in [1.165, 1.54) is 29.8 Å². The third-order valence-corrected chi connectivity index (χ3v) is 5.09. The van der Waals surface area contributed by atoms with Crippen LogP contribution in [0.1, 0.15) is 19.3 Å². The van der Waals surface area contributed by atoms with Gasteiger partial charge < -0.3 is 20.0 Å². The molecule has 2 heterocycles. The van der Waals surface area contributed by atoms with E-state index in [9.17, 15) is 4.79 Å². The van der Waals surface area contributed by atoms with Gasteiger partial charge in [-0.15, -0.1) is 0 Å². The number of hydrogen-bond acceptors (Lipinski definition) is 2. The summed E-state index contributed by atoms with van der Waals surface area (Å²) in [7, 11) is 2.22. The van der Waals surface area contributed by atoms with Gasteiger partial charge in [-0.05, 0) is 43.5 Å². The van der Waals surface area contributed by atoms with Crippen LogP contribution in [0.2, 0.25) is 0 Å². The summed E-state index contributed by atoms with van der Waals surface area (Å²) in [5.74, 6) is 0.130. The normalized spacial score (nSPS) is 25.2. The molecular weight excluding hydrogens is 288 g/mol. The Kier molecular flexibility index (Phi) is 5.51. The van der Waals surface area contributed by atoms with Gasteiger partial charge in [0.2, 0.25) is 0 Å². The standard InChI is InChI=1S/C18H28N4O/c1-20-11-13-21(14-12-20)15-18(23)19-16-5-7-17(8-6-16)22-9-3-2-4-10-22/h5-8H,2-4,9-15H2,1H3,(H,19,23)/p+2. The number of nitrogens with one attached hydrogen (secondary N) is 3. The van der Waals surface area contributed by atoms with Gasteiger partial charge in [0.05, 0.1) is 7.05 Å². The van der Waals surface area contributed by atoms with Crippen LogP contribution in [0, 0.1) is 0 Å². The molecule has 2 saturated heterocycles. The number of likely N-dealkylation sites (N-methyl/N-ethyl adjacent to an activating group) is 1. The number of carbonyl (C=O) groups is 1. The lowest BCUT2D eigenvalue weighted by atomic mass is 10.1. The van der Waals surface area contributed by atoms with Gasteiger partial charge in [0, 0.05) is 24.5 Å². The summed E-state index contributed by atoms with van der Waals surface area (Å²) in [6.07, 6.45) is 3.92. The monoisotopic (exact) mass is 318 g/mol. The number of amides is 1. The number of anilines is 2. The van der Waals surface area contributed by atoms with E-state index in [4.69, 9.17) is 0 Å². The molecule has 2 fully saturated rings. The molecule has 0 atom stereocenters. The number of piperidine rings is 1. The van der Waals surface area contributed by atoms with Crippen molar-refractivity contribution >= 4 is 17.3 Å².